The highest BCUT2D eigenvalue weighted by atomic mass is 79.9. The van der Waals surface area contributed by atoms with Gasteiger partial charge in [-0.3, -0.25) is 4.79 Å². The van der Waals surface area contributed by atoms with Gasteiger partial charge < -0.3 is 15.4 Å². The Morgan fingerprint density at radius 3 is 2.86 bits per heavy atom. The normalized spacial score (nSPS) is 17.2. The van der Waals surface area contributed by atoms with Gasteiger partial charge in [-0.15, -0.1) is 12.4 Å². The van der Waals surface area contributed by atoms with Gasteiger partial charge in [0.2, 0.25) is 5.91 Å². The molecule has 1 aliphatic rings. The highest BCUT2D eigenvalue weighted by Gasteiger charge is 2.16. The van der Waals surface area contributed by atoms with E-state index in [2.05, 4.69) is 26.6 Å². The zero-order valence-corrected chi connectivity index (χ0v) is 15.4. The van der Waals surface area contributed by atoms with E-state index in [1.54, 1.807) is 0 Å². The van der Waals surface area contributed by atoms with Crippen LogP contribution in [-0.2, 0) is 4.79 Å². The minimum Gasteiger partial charge on any atom is -0.491 e. The number of hydrogen-bond acceptors (Lipinski definition) is 3. The molecule has 1 amide bonds. The first kappa shape index (κ1) is 19.3. The Hall–Kier alpha value is -0.780. The third-order valence-electron chi connectivity index (χ3n) is 3.47. The molecule has 0 bridgehead atoms. The van der Waals surface area contributed by atoms with Crippen molar-refractivity contribution < 1.29 is 9.53 Å². The Labute approximate surface area is 146 Å². The average Bonchev–Trinajstić information content (AvgIpc) is 2.87. The van der Waals surface area contributed by atoms with Gasteiger partial charge in [0, 0.05) is 22.6 Å². The van der Waals surface area contributed by atoms with Crippen LogP contribution in [0.3, 0.4) is 0 Å². The molecule has 0 aromatic heterocycles. The van der Waals surface area contributed by atoms with Crippen LogP contribution < -0.4 is 15.4 Å². The van der Waals surface area contributed by atoms with Crippen LogP contribution in [0.2, 0.25) is 0 Å². The number of anilines is 1. The molecule has 1 atom stereocenters. The number of ether oxygens (including phenoxy) is 1. The van der Waals surface area contributed by atoms with E-state index in [1.165, 1.54) is 6.42 Å². The summed E-state index contributed by atoms with van der Waals surface area (Å²) in [7, 11) is 0. The molecule has 1 aromatic carbocycles. The van der Waals surface area contributed by atoms with Crippen molar-refractivity contribution in [3.8, 4) is 5.75 Å². The lowest BCUT2D eigenvalue weighted by atomic mass is 10.0. The second kappa shape index (κ2) is 9.38. The highest BCUT2D eigenvalue weighted by Crippen LogP contribution is 2.26. The van der Waals surface area contributed by atoms with Crippen LogP contribution >= 0.6 is 28.3 Å². The van der Waals surface area contributed by atoms with Crippen LogP contribution in [0.5, 0.6) is 5.75 Å². The Morgan fingerprint density at radius 2 is 2.23 bits per heavy atom. The molecule has 1 fully saturated rings. The summed E-state index contributed by atoms with van der Waals surface area (Å²) in [5.41, 5.74) is 0.773. The predicted octanol–water partition coefficient (Wildman–Crippen LogP) is 3.99. The maximum absolute atomic E-state index is 12.0. The third-order valence-corrected chi connectivity index (χ3v) is 3.93. The third kappa shape index (κ3) is 6.55. The second-order valence-corrected chi connectivity index (χ2v) is 6.70. The molecule has 4 nitrogen and oxygen atoms in total. The molecule has 1 saturated heterocycles. The summed E-state index contributed by atoms with van der Waals surface area (Å²) in [6.07, 6.45) is 2.80. The Morgan fingerprint density at radius 1 is 1.45 bits per heavy atom. The number of rotatable bonds is 6. The number of benzene rings is 1. The molecule has 22 heavy (non-hydrogen) atoms. The molecule has 2 N–H and O–H groups in total. The van der Waals surface area contributed by atoms with Crippen molar-refractivity contribution in [1.82, 2.24) is 5.32 Å². The van der Waals surface area contributed by atoms with Gasteiger partial charge in [-0.25, -0.2) is 0 Å². The topological polar surface area (TPSA) is 50.4 Å². The largest absolute Gasteiger partial charge is 0.491 e. The molecule has 6 heteroatoms. The number of carbonyl (C=O) groups is 1. The fourth-order valence-electron chi connectivity index (χ4n) is 2.49. The minimum atomic E-state index is 0. The van der Waals surface area contributed by atoms with Crippen molar-refractivity contribution in [2.75, 3.05) is 18.4 Å². The monoisotopic (exact) mass is 390 g/mol. The van der Waals surface area contributed by atoms with Gasteiger partial charge in [0.1, 0.15) is 5.75 Å². The minimum absolute atomic E-state index is 0. The summed E-state index contributed by atoms with van der Waals surface area (Å²) >= 11 is 3.45. The highest BCUT2D eigenvalue weighted by molar-refractivity contribution is 9.10. The summed E-state index contributed by atoms with van der Waals surface area (Å²) in [6, 6.07) is 5.65. The summed E-state index contributed by atoms with van der Waals surface area (Å²) < 4.78 is 6.57. The Kier molecular flexibility index (Phi) is 8.21. The predicted molar refractivity (Wildman–Crippen MR) is 96.0 cm³/mol. The number of carbonyl (C=O) groups excluding carboxylic acids is 1. The molecule has 0 radical (unpaired) electrons. The van der Waals surface area contributed by atoms with Crippen LogP contribution in [0.4, 0.5) is 5.69 Å². The van der Waals surface area contributed by atoms with Gasteiger partial charge >= 0.3 is 0 Å². The van der Waals surface area contributed by atoms with Gasteiger partial charge in [0.05, 0.1) is 6.10 Å². The molecule has 124 valence electrons. The number of amides is 1. The maximum Gasteiger partial charge on any atom is 0.224 e. The second-order valence-electron chi connectivity index (χ2n) is 5.79. The Balaban J connectivity index is 0.00000242. The lowest BCUT2D eigenvalue weighted by Crippen LogP contribution is -2.15. The molecule has 1 aromatic rings. The van der Waals surface area contributed by atoms with Crippen LogP contribution in [0.1, 0.15) is 33.1 Å². The van der Waals surface area contributed by atoms with Gasteiger partial charge in [0.15, 0.2) is 0 Å². The van der Waals surface area contributed by atoms with Gasteiger partial charge in [-0.2, -0.15) is 0 Å². The van der Waals surface area contributed by atoms with E-state index in [4.69, 9.17) is 4.74 Å². The molecule has 1 aliphatic heterocycles. The fraction of sp³-hybridized carbons (Fsp3) is 0.562. The van der Waals surface area contributed by atoms with Crippen molar-refractivity contribution in [2.45, 2.75) is 39.2 Å². The zero-order chi connectivity index (χ0) is 15.2. The first-order valence-corrected chi connectivity index (χ1v) is 8.30. The standard InChI is InChI=1S/C16H23BrN2O2.ClH/c1-11(2)21-15-8-13(17)7-14(9-15)19-16(20)4-3-12-5-6-18-10-12;/h7-9,11-12,18H,3-6,10H2,1-2H3,(H,19,20);1H. The van der Waals surface area contributed by atoms with Gasteiger partial charge in [0.25, 0.3) is 0 Å². The summed E-state index contributed by atoms with van der Waals surface area (Å²) in [5, 5.41) is 6.28. The number of hydrogen-bond donors (Lipinski definition) is 2. The van der Waals surface area contributed by atoms with E-state index in [-0.39, 0.29) is 24.4 Å². The van der Waals surface area contributed by atoms with Gasteiger partial charge in [-0.1, -0.05) is 15.9 Å². The lowest BCUT2D eigenvalue weighted by molar-refractivity contribution is -0.116. The molecular weight excluding hydrogens is 368 g/mol. The molecule has 1 heterocycles. The Bertz CT molecular complexity index is 491. The van der Waals surface area contributed by atoms with Crippen LogP contribution in [0.15, 0.2) is 22.7 Å². The van der Waals surface area contributed by atoms with E-state index in [0.717, 1.165) is 35.4 Å². The summed E-state index contributed by atoms with van der Waals surface area (Å²) in [5.74, 6) is 1.46. The first-order valence-electron chi connectivity index (χ1n) is 7.51. The molecular formula is C16H24BrClN2O2. The zero-order valence-electron chi connectivity index (χ0n) is 13.0. The van der Waals surface area contributed by atoms with Crippen LogP contribution in [0, 0.1) is 5.92 Å². The van der Waals surface area contributed by atoms with Crippen molar-refractivity contribution in [1.29, 1.82) is 0 Å². The maximum atomic E-state index is 12.0. The summed E-state index contributed by atoms with van der Waals surface area (Å²) in [4.78, 5) is 12.0. The van der Waals surface area contributed by atoms with E-state index >= 15 is 0 Å². The van der Waals surface area contributed by atoms with E-state index in [0.29, 0.717) is 12.3 Å². The van der Waals surface area contributed by atoms with E-state index in [9.17, 15) is 4.79 Å². The van der Waals surface area contributed by atoms with E-state index < -0.39 is 0 Å². The van der Waals surface area contributed by atoms with Crippen molar-refractivity contribution in [3.05, 3.63) is 22.7 Å². The lowest BCUT2D eigenvalue weighted by Gasteiger charge is -2.13. The molecule has 0 spiro atoms. The quantitative estimate of drug-likeness (QED) is 0.771. The first-order chi connectivity index (χ1) is 10.0. The van der Waals surface area contributed by atoms with Crippen LogP contribution in [-0.4, -0.2) is 25.1 Å². The average molecular weight is 392 g/mol. The number of nitrogens with one attached hydrogen (secondary N) is 2. The molecule has 2 rings (SSSR count). The molecule has 0 aliphatic carbocycles. The van der Waals surface area contributed by atoms with E-state index in [1.807, 2.05) is 32.0 Å². The van der Waals surface area contributed by atoms with Crippen molar-refractivity contribution in [3.63, 3.8) is 0 Å². The van der Waals surface area contributed by atoms with Crippen molar-refractivity contribution in [2.24, 2.45) is 5.92 Å². The fourth-order valence-corrected chi connectivity index (χ4v) is 2.97. The van der Waals surface area contributed by atoms with Crippen molar-refractivity contribution >= 4 is 39.9 Å². The summed E-state index contributed by atoms with van der Waals surface area (Å²) in [6.45, 7) is 6.08. The van der Waals surface area contributed by atoms with Crippen LogP contribution in [0.25, 0.3) is 0 Å². The SMILES string of the molecule is CC(C)Oc1cc(Br)cc(NC(=O)CCC2CCNC2)c1.Cl. The molecule has 1 unspecified atom stereocenters. The smallest absolute Gasteiger partial charge is 0.224 e. The van der Waals surface area contributed by atoms with Gasteiger partial charge in [-0.05, 0) is 57.8 Å². The molecule has 0 saturated carbocycles. The number of halogens is 2.